The predicted molar refractivity (Wildman–Crippen MR) is 121 cm³/mol. The van der Waals surface area contributed by atoms with Crippen LogP contribution in [0, 0.1) is 0 Å². The number of amides is 2. The SMILES string of the molecule is CCOc1ccccc1OCC(=O)NC1CCN(C(=O)CCc2ccc(Cl)cc2)CC1. The van der Waals surface area contributed by atoms with Crippen molar-refractivity contribution in [1.29, 1.82) is 0 Å². The number of nitrogens with zero attached hydrogens (tertiary/aromatic N) is 1. The maximum atomic E-state index is 12.5. The van der Waals surface area contributed by atoms with E-state index in [0.29, 0.717) is 49.1 Å². The molecule has 1 N–H and O–H groups in total. The van der Waals surface area contributed by atoms with Crippen molar-refractivity contribution < 1.29 is 19.1 Å². The van der Waals surface area contributed by atoms with Gasteiger partial charge in [-0.3, -0.25) is 9.59 Å². The minimum absolute atomic E-state index is 0.0542. The van der Waals surface area contributed by atoms with Gasteiger partial charge in [-0.2, -0.15) is 0 Å². The van der Waals surface area contributed by atoms with E-state index in [9.17, 15) is 9.59 Å². The summed E-state index contributed by atoms with van der Waals surface area (Å²) < 4.78 is 11.1. The zero-order valence-electron chi connectivity index (χ0n) is 17.8. The van der Waals surface area contributed by atoms with Crippen LogP contribution in [0.3, 0.4) is 0 Å². The van der Waals surface area contributed by atoms with Crippen LogP contribution in [0.4, 0.5) is 0 Å². The minimum Gasteiger partial charge on any atom is -0.490 e. The van der Waals surface area contributed by atoms with Gasteiger partial charge in [0.15, 0.2) is 18.1 Å². The van der Waals surface area contributed by atoms with Crippen molar-refractivity contribution in [2.75, 3.05) is 26.3 Å². The number of piperidine rings is 1. The number of carbonyl (C=O) groups is 2. The summed E-state index contributed by atoms with van der Waals surface area (Å²) in [6.07, 6.45) is 2.67. The molecule has 0 unspecified atom stereocenters. The van der Waals surface area contributed by atoms with Gasteiger partial charge in [0, 0.05) is 30.6 Å². The number of likely N-dealkylation sites (tertiary alicyclic amines) is 1. The molecule has 31 heavy (non-hydrogen) atoms. The fourth-order valence-corrected chi connectivity index (χ4v) is 3.72. The Kier molecular flexibility index (Phi) is 8.59. The maximum absolute atomic E-state index is 12.5. The number of hydrogen-bond donors (Lipinski definition) is 1. The average molecular weight is 445 g/mol. The van der Waals surface area contributed by atoms with Crippen LogP contribution in [0.25, 0.3) is 0 Å². The number of rotatable bonds is 9. The van der Waals surface area contributed by atoms with E-state index in [-0.39, 0.29) is 24.5 Å². The lowest BCUT2D eigenvalue weighted by Gasteiger charge is -2.32. The highest BCUT2D eigenvalue weighted by molar-refractivity contribution is 6.30. The summed E-state index contributed by atoms with van der Waals surface area (Å²) in [6.45, 7) is 3.67. The van der Waals surface area contributed by atoms with Crippen molar-refractivity contribution in [3.05, 3.63) is 59.1 Å². The molecule has 1 aliphatic heterocycles. The van der Waals surface area contributed by atoms with Crippen LogP contribution in [0.2, 0.25) is 5.02 Å². The molecule has 2 aromatic carbocycles. The van der Waals surface area contributed by atoms with Gasteiger partial charge in [0.2, 0.25) is 5.91 Å². The molecule has 0 aromatic heterocycles. The number of benzene rings is 2. The quantitative estimate of drug-likeness (QED) is 0.637. The molecule has 0 radical (unpaired) electrons. The second-order valence-corrected chi connectivity index (χ2v) is 7.95. The molecule has 1 fully saturated rings. The average Bonchev–Trinajstić information content (AvgIpc) is 2.78. The second-order valence-electron chi connectivity index (χ2n) is 7.52. The molecule has 1 heterocycles. The van der Waals surface area contributed by atoms with Crippen LogP contribution < -0.4 is 14.8 Å². The summed E-state index contributed by atoms with van der Waals surface area (Å²) >= 11 is 5.90. The Hall–Kier alpha value is -2.73. The molecule has 2 amide bonds. The van der Waals surface area contributed by atoms with Gasteiger partial charge in [0.05, 0.1) is 6.61 Å². The molecule has 1 saturated heterocycles. The Morgan fingerprint density at radius 1 is 1.03 bits per heavy atom. The van der Waals surface area contributed by atoms with Crippen LogP contribution in [0.5, 0.6) is 11.5 Å². The fraction of sp³-hybridized carbons (Fsp3) is 0.417. The van der Waals surface area contributed by atoms with Gasteiger partial charge in [-0.15, -0.1) is 0 Å². The van der Waals surface area contributed by atoms with Gasteiger partial charge in [-0.25, -0.2) is 0 Å². The standard InChI is InChI=1S/C24H29ClN2O4/c1-2-30-21-5-3-4-6-22(21)31-17-23(28)26-20-13-15-27(16-14-20)24(29)12-9-18-7-10-19(25)11-8-18/h3-8,10-11,20H,2,9,12-17H2,1H3,(H,26,28). The van der Waals surface area contributed by atoms with Crippen molar-refractivity contribution >= 4 is 23.4 Å². The third kappa shape index (κ3) is 7.17. The highest BCUT2D eigenvalue weighted by atomic mass is 35.5. The van der Waals surface area contributed by atoms with Crippen molar-refractivity contribution in [3.63, 3.8) is 0 Å². The molecular weight excluding hydrogens is 416 g/mol. The number of ether oxygens (including phenoxy) is 2. The van der Waals surface area contributed by atoms with Crippen LogP contribution in [-0.2, 0) is 16.0 Å². The first kappa shape index (κ1) is 22.9. The Labute approximate surface area is 188 Å². The van der Waals surface area contributed by atoms with E-state index in [1.165, 1.54) is 0 Å². The molecule has 0 bridgehead atoms. The first-order chi connectivity index (χ1) is 15.0. The van der Waals surface area contributed by atoms with E-state index in [1.807, 2.05) is 54.3 Å². The van der Waals surface area contributed by atoms with Gasteiger partial charge in [0.25, 0.3) is 5.91 Å². The smallest absolute Gasteiger partial charge is 0.258 e. The van der Waals surface area contributed by atoms with Gasteiger partial charge in [-0.1, -0.05) is 35.9 Å². The summed E-state index contributed by atoms with van der Waals surface area (Å²) in [7, 11) is 0. The molecule has 7 heteroatoms. The molecule has 3 rings (SSSR count). The zero-order valence-corrected chi connectivity index (χ0v) is 18.6. The monoisotopic (exact) mass is 444 g/mol. The largest absolute Gasteiger partial charge is 0.490 e. The van der Waals surface area contributed by atoms with Gasteiger partial charge in [0.1, 0.15) is 0 Å². The lowest BCUT2D eigenvalue weighted by molar-refractivity contribution is -0.132. The maximum Gasteiger partial charge on any atom is 0.258 e. The van der Waals surface area contributed by atoms with E-state index in [4.69, 9.17) is 21.1 Å². The second kappa shape index (κ2) is 11.6. The van der Waals surface area contributed by atoms with Crippen molar-refractivity contribution in [1.82, 2.24) is 10.2 Å². The summed E-state index contributed by atoms with van der Waals surface area (Å²) in [5.41, 5.74) is 1.10. The highest BCUT2D eigenvalue weighted by Crippen LogP contribution is 2.26. The number of nitrogens with one attached hydrogen (secondary N) is 1. The van der Waals surface area contributed by atoms with Gasteiger partial charge in [-0.05, 0) is 56.0 Å². The van der Waals surface area contributed by atoms with Crippen LogP contribution >= 0.6 is 11.6 Å². The van der Waals surface area contributed by atoms with Crippen LogP contribution in [0.1, 0.15) is 31.7 Å². The van der Waals surface area contributed by atoms with E-state index >= 15 is 0 Å². The van der Waals surface area contributed by atoms with Gasteiger partial charge < -0.3 is 19.7 Å². The number of hydrogen-bond acceptors (Lipinski definition) is 4. The Bertz CT molecular complexity index is 864. The number of halogens is 1. The van der Waals surface area contributed by atoms with E-state index < -0.39 is 0 Å². The predicted octanol–water partition coefficient (Wildman–Crippen LogP) is 3.86. The third-order valence-corrected chi connectivity index (χ3v) is 5.51. The van der Waals surface area contributed by atoms with Crippen molar-refractivity contribution in [2.45, 2.75) is 38.6 Å². The topological polar surface area (TPSA) is 67.9 Å². The first-order valence-electron chi connectivity index (χ1n) is 10.7. The molecule has 0 spiro atoms. The lowest BCUT2D eigenvalue weighted by Crippen LogP contribution is -2.47. The van der Waals surface area contributed by atoms with Crippen molar-refractivity contribution in [3.8, 4) is 11.5 Å². The molecule has 0 atom stereocenters. The summed E-state index contributed by atoms with van der Waals surface area (Å²) in [5.74, 6) is 1.17. The van der Waals surface area contributed by atoms with Crippen LogP contribution in [0.15, 0.2) is 48.5 Å². The fourth-order valence-electron chi connectivity index (χ4n) is 3.59. The number of carbonyl (C=O) groups excluding carboxylic acids is 2. The number of aryl methyl sites for hydroxylation is 1. The molecule has 166 valence electrons. The highest BCUT2D eigenvalue weighted by Gasteiger charge is 2.23. The third-order valence-electron chi connectivity index (χ3n) is 5.26. The Morgan fingerprint density at radius 2 is 1.68 bits per heavy atom. The van der Waals surface area contributed by atoms with E-state index in [2.05, 4.69) is 5.32 Å². The Morgan fingerprint density at radius 3 is 2.32 bits per heavy atom. The van der Waals surface area contributed by atoms with E-state index in [0.717, 1.165) is 18.4 Å². The van der Waals surface area contributed by atoms with Crippen LogP contribution in [-0.4, -0.2) is 49.1 Å². The van der Waals surface area contributed by atoms with Crippen molar-refractivity contribution in [2.24, 2.45) is 0 Å². The Balaban J connectivity index is 1.37. The molecule has 1 aliphatic rings. The number of para-hydroxylation sites is 2. The zero-order chi connectivity index (χ0) is 22.1. The van der Waals surface area contributed by atoms with E-state index in [1.54, 1.807) is 6.07 Å². The summed E-state index contributed by atoms with van der Waals surface area (Å²) in [6, 6.07) is 14.9. The molecule has 0 saturated carbocycles. The normalized spacial score (nSPS) is 14.2. The minimum atomic E-state index is -0.168. The molecule has 2 aromatic rings. The molecular formula is C24H29ClN2O4. The molecule has 6 nitrogen and oxygen atoms in total. The summed E-state index contributed by atoms with van der Waals surface area (Å²) in [4.78, 5) is 26.7. The summed E-state index contributed by atoms with van der Waals surface area (Å²) in [5, 5.41) is 3.71. The van der Waals surface area contributed by atoms with Gasteiger partial charge >= 0.3 is 0 Å². The molecule has 0 aliphatic carbocycles. The lowest BCUT2D eigenvalue weighted by atomic mass is 10.0. The first-order valence-corrected chi connectivity index (χ1v) is 11.1.